The SMILES string of the molecule is CCc1ccc(N(C)c2nc(Cl)nc3sccc23)cc1. The predicted octanol–water partition coefficient (Wildman–Crippen LogP) is 4.68. The Balaban J connectivity index is 2.06. The maximum Gasteiger partial charge on any atom is 0.225 e. The second kappa shape index (κ2) is 5.38. The van der Waals surface area contributed by atoms with E-state index in [0.29, 0.717) is 0 Å². The molecule has 0 fully saturated rings. The van der Waals surface area contributed by atoms with Crippen LogP contribution in [0.4, 0.5) is 11.5 Å². The third-order valence-electron chi connectivity index (χ3n) is 3.33. The van der Waals surface area contributed by atoms with E-state index in [2.05, 4.69) is 41.2 Å². The van der Waals surface area contributed by atoms with Gasteiger partial charge in [-0.15, -0.1) is 11.3 Å². The molecule has 0 aliphatic heterocycles. The molecule has 0 radical (unpaired) electrons. The summed E-state index contributed by atoms with van der Waals surface area (Å²) in [4.78, 5) is 11.6. The predicted molar refractivity (Wildman–Crippen MR) is 86.3 cm³/mol. The van der Waals surface area contributed by atoms with E-state index < -0.39 is 0 Å². The smallest absolute Gasteiger partial charge is 0.225 e. The van der Waals surface area contributed by atoms with E-state index in [1.807, 2.05) is 23.4 Å². The first-order valence-corrected chi connectivity index (χ1v) is 7.68. The Morgan fingerprint density at radius 2 is 1.90 bits per heavy atom. The van der Waals surface area contributed by atoms with Crippen LogP contribution in [0.15, 0.2) is 35.7 Å². The Kier molecular flexibility index (Phi) is 3.59. The van der Waals surface area contributed by atoms with Gasteiger partial charge in [0, 0.05) is 12.7 Å². The van der Waals surface area contributed by atoms with Crippen molar-refractivity contribution in [2.24, 2.45) is 0 Å². The van der Waals surface area contributed by atoms with Gasteiger partial charge in [-0.1, -0.05) is 19.1 Å². The molecule has 0 spiro atoms. The maximum absolute atomic E-state index is 6.02. The quantitative estimate of drug-likeness (QED) is 0.658. The fraction of sp³-hybridized carbons (Fsp3) is 0.200. The highest BCUT2D eigenvalue weighted by atomic mass is 35.5. The molecule has 3 aromatic rings. The van der Waals surface area contributed by atoms with Crippen LogP contribution in [0.1, 0.15) is 12.5 Å². The number of nitrogens with zero attached hydrogens (tertiary/aromatic N) is 3. The highest BCUT2D eigenvalue weighted by molar-refractivity contribution is 7.16. The fourth-order valence-electron chi connectivity index (χ4n) is 2.15. The fourth-order valence-corrected chi connectivity index (χ4v) is 3.12. The number of anilines is 2. The number of halogens is 1. The number of aromatic nitrogens is 2. The molecule has 0 saturated carbocycles. The number of hydrogen-bond acceptors (Lipinski definition) is 4. The number of thiophene rings is 1. The van der Waals surface area contributed by atoms with Crippen molar-refractivity contribution in [3.63, 3.8) is 0 Å². The van der Waals surface area contributed by atoms with Gasteiger partial charge in [-0.3, -0.25) is 0 Å². The molecule has 20 heavy (non-hydrogen) atoms. The van der Waals surface area contributed by atoms with E-state index in [0.717, 1.165) is 28.1 Å². The lowest BCUT2D eigenvalue weighted by molar-refractivity contribution is 1.10. The molecule has 0 saturated heterocycles. The average molecular weight is 304 g/mol. The van der Waals surface area contributed by atoms with Crippen molar-refractivity contribution >= 4 is 44.7 Å². The molecule has 2 heterocycles. The van der Waals surface area contributed by atoms with Crippen LogP contribution in [0.25, 0.3) is 10.2 Å². The summed E-state index contributed by atoms with van der Waals surface area (Å²) in [5.41, 5.74) is 2.41. The van der Waals surface area contributed by atoms with Gasteiger partial charge < -0.3 is 4.90 Å². The van der Waals surface area contributed by atoms with E-state index in [4.69, 9.17) is 11.6 Å². The Labute approximate surface area is 126 Å². The molecule has 102 valence electrons. The Bertz CT molecular complexity index is 736. The number of fused-ring (bicyclic) bond motifs is 1. The summed E-state index contributed by atoms with van der Waals surface area (Å²) in [6.45, 7) is 2.15. The zero-order valence-corrected chi connectivity index (χ0v) is 12.9. The summed E-state index contributed by atoms with van der Waals surface area (Å²) in [6.07, 6.45) is 1.04. The number of hydrogen-bond donors (Lipinski definition) is 0. The minimum absolute atomic E-state index is 0.284. The summed E-state index contributed by atoms with van der Waals surface area (Å²) in [6, 6.07) is 10.5. The standard InChI is InChI=1S/C15H14ClN3S/c1-3-10-4-6-11(7-5-10)19(2)13-12-8-9-20-14(12)18-15(16)17-13/h4-9H,3H2,1-2H3. The van der Waals surface area contributed by atoms with Crippen molar-refractivity contribution < 1.29 is 0 Å². The van der Waals surface area contributed by atoms with E-state index in [-0.39, 0.29) is 5.28 Å². The van der Waals surface area contributed by atoms with Gasteiger partial charge in [0.2, 0.25) is 5.28 Å². The van der Waals surface area contributed by atoms with E-state index >= 15 is 0 Å². The molecule has 0 atom stereocenters. The third kappa shape index (κ3) is 2.37. The van der Waals surface area contributed by atoms with Crippen LogP contribution < -0.4 is 4.90 Å². The van der Waals surface area contributed by atoms with Crippen molar-refractivity contribution in [2.45, 2.75) is 13.3 Å². The Morgan fingerprint density at radius 3 is 2.60 bits per heavy atom. The monoisotopic (exact) mass is 303 g/mol. The average Bonchev–Trinajstić information content (AvgIpc) is 2.94. The van der Waals surface area contributed by atoms with Gasteiger partial charge >= 0.3 is 0 Å². The molecule has 0 amide bonds. The molecule has 2 aromatic heterocycles. The topological polar surface area (TPSA) is 29.0 Å². The zero-order chi connectivity index (χ0) is 14.1. The molecule has 0 unspecified atom stereocenters. The van der Waals surface area contributed by atoms with Crippen molar-refractivity contribution in [1.29, 1.82) is 0 Å². The number of rotatable bonds is 3. The molecule has 0 N–H and O–H groups in total. The maximum atomic E-state index is 6.02. The highest BCUT2D eigenvalue weighted by Gasteiger charge is 2.13. The van der Waals surface area contributed by atoms with E-state index in [1.165, 1.54) is 5.56 Å². The zero-order valence-electron chi connectivity index (χ0n) is 11.3. The van der Waals surface area contributed by atoms with E-state index in [1.54, 1.807) is 11.3 Å². The molecule has 1 aromatic carbocycles. The van der Waals surface area contributed by atoms with Crippen molar-refractivity contribution in [3.05, 3.63) is 46.6 Å². The van der Waals surface area contributed by atoms with Crippen LogP contribution in [0.3, 0.4) is 0 Å². The second-order valence-corrected chi connectivity index (χ2v) is 5.77. The van der Waals surface area contributed by atoms with Crippen LogP contribution in [0.5, 0.6) is 0 Å². The van der Waals surface area contributed by atoms with Crippen LogP contribution in [0, 0.1) is 0 Å². The number of aryl methyl sites for hydroxylation is 1. The summed E-state index contributed by atoms with van der Waals surface area (Å²) in [7, 11) is 2.00. The summed E-state index contributed by atoms with van der Waals surface area (Å²) >= 11 is 7.59. The lowest BCUT2D eigenvalue weighted by Gasteiger charge is -2.19. The molecular weight excluding hydrogens is 290 g/mol. The molecule has 3 nitrogen and oxygen atoms in total. The minimum Gasteiger partial charge on any atom is -0.329 e. The first-order chi connectivity index (χ1) is 9.69. The van der Waals surface area contributed by atoms with E-state index in [9.17, 15) is 0 Å². The lowest BCUT2D eigenvalue weighted by Crippen LogP contribution is -2.12. The molecule has 0 aliphatic carbocycles. The third-order valence-corrected chi connectivity index (χ3v) is 4.30. The molecule has 0 aliphatic rings. The molecule has 5 heteroatoms. The summed E-state index contributed by atoms with van der Waals surface area (Å²) in [5, 5.41) is 3.32. The van der Waals surface area contributed by atoms with Gasteiger partial charge in [0.25, 0.3) is 0 Å². The van der Waals surface area contributed by atoms with Gasteiger partial charge in [-0.25, -0.2) is 4.98 Å². The minimum atomic E-state index is 0.284. The highest BCUT2D eigenvalue weighted by Crippen LogP contribution is 2.32. The first-order valence-electron chi connectivity index (χ1n) is 6.42. The van der Waals surface area contributed by atoms with Gasteiger partial charge in [-0.05, 0) is 47.2 Å². The van der Waals surface area contributed by atoms with Gasteiger partial charge in [0.15, 0.2) is 0 Å². The van der Waals surface area contributed by atoms with Gasteiger partial charge in [0.05, 0.1) is 5.39 Å². The van der Waals surface area contributed by atoms with Crippen LogP contribution in [-0.2, 0) is 6.42 Å². The summed E-state index contributed by atoms with van der Waals surface area (Å²) < 4.78 is 0. The van der Waals surface area contributed by atoms with Crippen LogP contribution >= 0.6 is 22.9 Å². The van der Waals surface area contributed by atoms with Crippen LogP contribution in [0.2, 0.25) is 5.28 Å². The second-order valence-electron chi connectivity index (χ2n) is 4.53. The largest absolute Gasteiger partial charge is 0.329 e. The van der Waals surface area contributed by atoms with Gasteiger partial charge in [-0.2, -0.15) is 4.98 Å². The van der Waals surface area contributed by atoms with Crippen molar-refractivity contribution in [1.82, 2.24) is 9.97 Å². The Morgan fingerprint density at radius 1 is 1.15 bits per heavy atom. The van der Waals surface area contributed by atoms with Crippen molar-refractivity contribution in [3.8, 4) is 0 Å². The molecule has 3 rings (SSSR count). The van der Waals surface area contributed by atoms with Crippen molar-refractivity contribution in [2.75, 3.05) is 11.9 Å². The van der Waals surface area contributed by atoms with Crippen LogP contribution in [-0.4, -0.2) is 17.0 Å². The van der Waals surface area contributed by atoms with Gasteiger partial charge in [0.1, 0.15) is 10.6 Å². The molecule has 0 bridgehead atoms. The lowest BCUT2D eigenvalue weighted by atomic mass is 10.1. The number of benzene rings is 1. The molecular formula is C15H14ClN3S. The normalized spacial score (nSPS) is 10.9. The first kappa shape index (κ1) is 13.3. The summed E-state index contributed by atoms with van der Waals surface area (Å²) in [5.74, 6) is 0.838. The Hall–Kier alpha value is -1.65.